The van der Waals surface area contributed by atoms with Crippen LogP contribution in [-0.4, -0.2) is 9.97 Å². The molecule has 0 bridgehead atoms. The van der Waals surface area contributed by atoms with Crippen molar-refractivity contribution < 1.29 is 4.39 Å². The molecule has 1 aromatic carbocycles. The van der Waals surface area contributed by atoms with Crippen LogP contribution in [0.2, 0.25) is 0 Å². The van der Waals surface area contributed by atoms with E-state index in [2.05, 4.69) is 9.97 Å². The normalized spacial score (nSPS) is 10.6. The van der Waals surface area contributed by atoms with Crippen LogP contribution in [-0.2, 0) is 12.8 Å². The highest BCUT2D eigenvalue weighted by Gasteiger charge is 2.08. The molecule has 18 heavy (non-hydrogen) atoms. The number of hydrogen-bond donors (Lipinski definition) is 1. The quantitative estimate of drug-likeness (QED) is 0.858. The Morgan fingerprint density at radius 3 is 2.89 bits per heavy atom. The van der Waals surface area contributed by atoms with Gasteiger partial charge in [0, 0.05) is 6.42 Å². The molecule has 0 aliphatic heterocycles. The number of rotatable bonds is 3. The summed E-state index contributed by atoms with van der Waals surface area (Å²) in [4.78, 5) is 18.8. The van der Waals surface area contributed by atoms with Gasteiger partial charge in [-0.1, -0.05) is 19.1 Å². The average Bonchev–Trinajstić information content (AvgIpc) is 2.33. The second kappa shape index (κ2) is 5.60. The number of nitrogens with zero attached hydrogens (tertiary/aromatic N) is 1. The van der Waals surface area contributed by atoms with Gasteiger partial charge in [-0.15, -0.1) is 0 Å². The van der Waals surface area contributed by atoms with Crippen LogP contribution < -0.4 is 5.56 Å². The van der Waals surface area contributed by atoms with Gasteiger partial charge in [0.25, 0.3) is 5.56 Å². The van der Waals surface area contributed by atoms with E-state index in [-0.39, 0.29) is 11.4 Å². The lowest BCUT2D eigenvalue weighted by atomic mass is 10.1. The molecule has 2 aromatic rings. The fourth-order valence-electron chi connectivity index (χ4n) is 1.72. The molecular formula is C13H12FIN2O. The van der Waals surface area contributed by atoms with Gasteiger partial charge in [-0.3, -0.25) is 4.79 Å². The summed E-state index contributed by atoms with van der Waals surface area (Å²) in [6, 6.07) is 6.30. The minimum Gasteiger partial charge on any atom is -0.309 e. The van der Waals surface area contributed by atoms with E-state index >= 15 is 0 Å². The number of nitrogens with one attached hydrogen (secondary N) is 1. The first kappa shape index (κ1) is 13.2. The van der Waals surface area contributed by atoms with Gasteiger partial charge in [-0.25, -0.2) is 9.37 Å². The van der Waals surface area contributed by atoms with Crippen LogP contribution in [0.15, 0.2) is 29.1 Å². The van der Waals surface area contributed by atoms with E-state index in [4.69, 9.17) is 0 Å². The van der Waals surface area contributed by atoms with Crippen molar-refractivity contribution in [3.05, 3.63) is 61.1 Å². The summed E-state index contributed by atoms with van der Waals surface area (Å²) in [5.74, 6) is 0.291. The summed E-state index contributed by atoms with van der Waals surface area (Å²) in [6.07, 6.45) is 1.13. The van der Waals surface area contributed by atoms with Gasteiger partial charge in [0.15, 0.2) is 0 Å². The summed E-state index contributed by atoms with van der Waals surface area (Å²) in [6.45, 7) is 1.95. The van der Waals surface area contributed by atoms with E-state index < -0.39 is 0 Å². The van der Waals surface area contributed by atoms with Crippen molar-refractivity contribution in [3.8, 4) is 0 Å². The number of hydrogen-bond acceptors (Lipinski definition) is 2. The first-order chi connectivity index (χ1) is 8.60. The SMILES string of the molecule is CCc1nc(Cc2cccc(F)c2)[nH]c(=O)c1I. The number of halogens is 2. The second-order valence-corrected chi connectivity index (χ2v) is 5.01. The Bertz CT molecular complexity index is 625. The molecule has 0 radical (unpaired) electrons. The van der Waals surface area contributed by atoms with Crippen molar-refractivity contribution in [2.24, 2.45) is 0 Å². The van der Waals surface area contributed by atoms with E-state index in [0.717, 1.165) is 11.3 Å². The molecule has 0 unspecified atom stereocenters. The van der Waals surface area contributed by atoms with Crippen LogP contribution in [0.5, 0.6) is 0 Å². The molecule has 0 aliphatic rings. The fraction of sp³-hybridized carbons (Fsp3) is 0.231. The molecule has 2 rings (SSSR count). The van der Waals surface area contributed by atoms with Gasteiger partial charge in [-0.2, -0.15) is 0 Å². The molecular weight excluding hydrogens is 346 g/mol. The summed E-state index contributed by atoms with van der Waals surface area (Å²) in [5.41, 5.74) is 1.45. The van der Waals surface area contributed by atoms with Gasteiger partial charge in [0.1, 0.15) is 11.6 Å². The Morgan fingerprint density at radius 1 is 1.44 bits per heavy atom. The lowest BCUT2D eigenvalue weighted by Crippen LogP contribution is -2.18. The van der Waals surface area contributed by atoms with Gasteiger partial charge >= 0.3 is 0 Å². The average molecular weight is 358 g/mol. The van der Waals surface area contributed by atoms with Crippen molar-refractivity contribution in [1.29, 1.82) is 0 Å². The zero-order valence-corrected chi connectivity index (χ0v) is 12.0. The lowest BCUT2D eigenvalue weighted by Gasteiger charge is -2.05. The number of benzene rings is 1. The maximum absolute atomic E-state index is 13.1. The van der Waals surface area contributed by atoms with Crippen LogP contribution in [0.25, 0.3) is 0 Å². The summed E-state index contributed by atoms with van der Waals surface area (Å²) >= 11 is 1.99. The number of H-pyrrole nitrogens is 1. The molecule has 0 atom stereocenters. The summed E-state index contributed by atoms with van der Waals surface area (Å²) in [7, 11) is 0. The van der Waals surface area contributed by atoms with Crippen molar-refractivity contribution >= 4 is 22.6 Å². The van der Waals surface area contributed by atoms with E-state index in [9.17, 15) is 9.18 Å². The van der Waals surface area contributed by atoms with Gasteiger partial charge in [0.2, 0.25) is 0 Å². The topological polar surface area (TPSA) is 45.8 Å². The molecule has 0 aliphatic carbocycles. The first-order valence-electron chi connectivity index (χ1n) is 5.62. The Hall–Kier alpha value is -1.24. The van der Waals surface area contributed by atoms with Gasteiger partial charge in [0.05, 0.1) is 9.26 Å². The largest absolute Gasteiger partial charge is 0.309 e. The van der Waals surface area contributed by atoms with Crippen LogP contribution in [0.3, 0.4) is 0 Å². The van der Waals surface area contributed by atoms with Crippen molar-refractivity contribution in [2.45, 2.75) is 19.8 Å². The third-order valence-corrected chi connectivity index (χ3v) is 3.69. The fourth-order valence-corrected chi connectivity index (χ4v) is 2.35. The third kappa shape index (κ3) is 2.95. The van der Waals surface area contributed by atoms with Gasteiger partial charge in [-0.05, 0) is 46.7 Å². The lowest BCUT2D eigenvalue weighted by molar-refractivity contribution is 0.625. The highest BCUT2D eigenvalue weighted by Crippen LogP contribution is 2.10. The Kier molecular flexibility index (Phi) is 4.11. The minimum atomic E-state index is -0.281. The van der Waals surface area contributed by atoms with Crippen molar-refractivity contribution in [2.75, 3.05) is 0 Å². The molecule has 0 saturated carbocycles. The Morgan fingerprint density at radius 2 is 2.22 bits per heavy atom. The van der Waals surface area contributed by atoms with E-state index in [1.165, 1.54) is 12.1 Å². The van der Waals surface area contributed by atoms with E-state index in [1.807, 2.05) is 35.6 Å². The maximum atomic E-state index is 13.1. The van der Waals surface area contributed by atoms with E-state index in [1.54, 1.807) is 6.07 Å². The van der Waals surface area contributed by atoms with Crippen LogP contribution >= 0.6 is 22.6 Å². The molecule has 3 nitrogen and oxygen atoms in total. The molecule has 1 heterocycles. The molecule has 1 N–H and O–H groups in total. The number of aromatic nitrogens is 2. The van der Waals surface area contributed by atoms with Crippen LogP contribution in [0.4, 0.5) is 4.39 Å². The minimum absolute atomic E-state index is 0.131. The smallest absolute Gasteiger partial charge is 0.264 e. The monoisotopic (exact) mass is 358 g/mol. The molecule has 0 saturated heterocycles. The molecule has 94 valence electrons. The standard InChI is InChI=1S/C13H12FIN2O/c1-2-10-12(15)13(18)17-11(16-10)7-8-4-3-5-9(14)6-8/h3-6H,2,7H2,1H3,(H,16,17,18). The van der Waals surface area contributed by atoms with Crippen molar-refractivity contribution in [1.82, 2.24) is 9.97 Å². The Balaban J connectivity index is 2.35. The predicted molar refractivity (Wildman–Crippen MR) is 76.2 cm³/mol. The third-order valence-electron chi connectivity index (χ3n) is 2.58. The van der Waals surface area contributed by atoms with Crippen molar-refractivity contribution in [3.63, 3.8) is 0 Å². The molecule has 0 amide bonds. The predicted octanol–water partition coefficient (Wildman–Crippen LogP) is 2.67. The number of aromatic amines is 1. The van der Waals surface area contributed by atoms with E-state index in [0.29, 0.717) is 22.2 Å². The molecule has 5 heteroatoms. The first-order valence-corrected chi connectivity index (χ1v) is 6.70. The summed E-state index contributed by atoms with van der Waals surface area (Å²) in [5, 5.41) is 0. The highest BCUT2D eigenvalue weighted by molar-refractivity contribution is 14.1. The zero-order chi connectivity index (χ0) is 13.1. The molecule has 0 spiro atoms. The molecule has 0 fully saturated rings. The Labute approximate surface area is 118 Å². The highest BCUT2D eigenvalue weighted by atomic mass is 127. The summed E-state index contributed by atoms with van der Waals surface area (Å²) < 4.78 is 13.7. The maximum Gasteiger partial charge on any atom is 0.264 e. The van der Waals surface area contributed by atoms with Gasteiger partial charge < -0.3 is 4.98 Å². The van der Waals surface area contributed by atoms with Crippen LogP contribution in [0.1, 0.15) is 24.0 Å². The molecule has 1 aromatic heterocycles. The number of aryl methyl sites for hydroxylation is 1. The zero-order valence-electron chi connectivity index (χ0n) is 9.84. The van der Waals surface area contributed by atoms with Crippen LogP contribution in [0, 0.1) is 9.39 Å². The second-order valence-electron chi connectivity index (χ2n) is 3.93.